The monoisotopic (exact) mass is 270 g/mol. The number of esters is 1. The van der Waals surface area contributed by atoms with Crippen molar-refractivity contribution in [3.8, 4) is 5.75 Å². The van der Waals surface area contributed by atoms with E-state index >= 15 is 0 Å². The van der Waals surface area contributed by atoms with Crippen LogP contribution in [0.2, 0.25) is 0 Å². The minimum absolute atomic E-state index is 0.0751. The molecule has 18 heavy (non-hydrogen) atoms. The van der Waals surface area contributed by atoms with Crippen LogP contribution < -0.4 is 4.74 Å². The predicted octanol–water partition coefficient (Wildman–Crippen LogP) is 2.22. The molecule has 0 radical (unpaired) electrons. The van der Waals surface area contributed by atoms with Crippen LogP contribution in [-0.4, -0.2) is 31.3 Å². The Morgan fingerprint density at radius 1 is 1.33 bits per heavy atom. The van der Waals surface area contributed by atoms with Crippen LogP contribution in [0.5, 0.6) is 5.75 Å². The number of ether oxygens (including phenoxy) is 2. The summed E-state index contributed by atoms with van der Waals surface area (Å²) in [6.07, 6.45) is 0.113. The van der Waals surface area contributed by atoms with Gasteiger partial charge in [-0.15, -0.1) is 11.6 Å². The van der Waals surface area contributed by atoms with Gasteiger partial charge in [0.1, 0.15) is 5.75 Å². The van der Waals surface area contributed by atoms with Gasteiger partial charge in [-0.2, -0.15) is 0 Å². The summed E-state index contributed by atoms with van der Waals surface area (Å²) in [4.78, 5) is 23.1. The highest BCUT2D eigenvalue weighted by molar-refractivity contribution is 6.27. The summed E-state index contributed by atoms with van der Waals surface area (Å²) in [5.41, 5.74) is 0.939. The Morgan fingerprint density at radius 2 is 2.06 bits per heavy atom. The number of hydrogen-bond donors (Lipinski definition) is 0. The van der Waals surface area contributed by atoms with E-state index in [4.69, 9.17) is 21.1 Å². The first kappa shape index (κ1) is 14.5. The smallest absolute Gasteiger partial charge is 0.338 e. The molecule has 0 bridgehead atoms. The van der Waals surface area contributed by atoms with E-state index in [-0.39, 0.29) is 24.7 Å². The SMILES string of the molecule is CCOC(=O)c1cc(OC)ccc1CC(=O)CCl. The Bertz CT molecular complexity index is 443. The fourth-order valence-electron chi connectivity index (χ4n) is 1.50. The minimum atomic E-state index is -0.464. The highest BCUT2D eigenvalue weighted by Crippen LogP contribution is 2.19. The lowest BCUT2D eigenvalue weighted by Gasteiger charge is -2.09. The van der Waals surface area contributed by atoms with Crippen molar-refractivity contribution in [2.75, 3.05) is 19.6 Å². The Labute approximate surface area is 111 Å². The van der Waals surface area contributed by atoms with Gasteiger partial charge in [-0.25, -0.2) is 4.79 Å². The number of Topliss-reactive ketones (excluding diaryl/α,β-unsaturated/α-hetero) is 1. The quantitative estimate of drug-likeness (QED) is 0.587. The van der Waals surface area contributed by atoms with Crippen LogP contribution in [0.25, 0.3) is 0 Å². The molecule has 0 saturated carbocycles. The fraction of sp³-hybridized carbons (Fsp3) is 0.385. The average molecular weight is 271 g/mol. The summed E-state index contributed by atoms with van der Waals surface area (Å²) in [5, 5.41) is 0. The second kappa shape index (κ2) is 7.01. The molecule has 4 nitrogen and oxygen atoms in total. The normalized spacial score (nSPS) is 9.94. The molecule has 5 heteroatoms. The van der Waals surface area contributed by atoms with Gasteiger partial charge >= 0.3 is 5.97 Å². The third-order valence-corrected chi connectivity index (χ3v) is 2.65. The number of hydrogen-bond acceptors (Lipinski definition) is 4. The highest BCUT2D eigenvalue weighted by atomic mass is 35.5. The van der Waals surface area contributed by atoms with E-state index in [2.05, 4.69) is 0 Å². The van der Waals surface area contributed by atoms with Crippen molar-refractivity contribution >= 4 is 23.4 Å². The van der Waals surface area contributed by atoms with Crippen molar-refractivity contribution in [3.63, 3.8) is 0 Å². The van der Waals surface area contributed by atoms with E-state index in [0.29, 0.717) is 16.9 Å². The molecule has 0 aromatic heterocycles. The number of alkyl halides is 1. The van der Waals surface area contributed by atoms with Crippen molar-refractivity contribution in [2.45, 2.75) is 13.3 Å². The number of benzene rings is 1. The van der Waals surface area contributed by atoms with E-state index in [9.17, 15) is 9.59 Å². The van der Waals surface area contributed by atoms with Crippen LogP contribution in [0.4, 0.5) is 0 Å². The Hall–Kier alpha value is -1.55. The maximum atomic E-state index is 11.8. The topological polar surface area (TPSA) is 52.6 Å². The van der Waals surface area contributed by atoms with Gasteiger partial charge in [0.2, 0.25) is 0 Å². The molecule has 0 unspecified atom stereocenters. The molecule has 1 aromatic carbocycles. The van der Waals surface area contributed by atoms with E-state index in [1.54, 1.807) is 25.1 Å². The van der Waals surface area contributed by atoms with Gasteiger partial charge in [0, 0.05) is 6.42 Å². The first-order valence-electron chi connectivity index (χ1n) is 5.54. The second-order valence-electron chi connectivity index (χ2n) is 3.59. The van der Waals surface area contributed by atoms with Crippen LogP contribution in [0, 0.1) is 0 Å². The predicted molar refractivity (Wildman–Crippen MR) is 68.4 cm³/mol. The number of carbonyl (C=O) groups excluding carboxylic acids is 2. The Kier molecular flexibility index (Phi) is 5.65. The number of halogens is 1. The van der Waals surface area contributed by atoms with Gasteiger partial charge < -0.3 is 9.47 Å². The first-order chi connectivity index (χ1) is 8.62. The molecular weight excluding hydrogens is 256 g/mol. The maximum Gasteiger partial charge on any atom is 0.338 e. The molecule has 0 heterocycles. The zero-order valence-electron chi connectivity index (χ0n) is 10.4. The molecule has 0 aliphatic carbocycles. The standard InChI is InChI=1S/C13H15ClO4/c1-3-18-13(16)12-7-11(17-2)5-4-9(12)6-10(15)8-14/h4-5,7H,3,6,8H2,1-2H3. The first-order valence-corrected chi connectivity index (χ1v) is 6.07. The molecule has 0 amide bonds. The lowest BCUT2D eigenvalue weighted by atomic mass is 10.0. The fourth-order valence-corrected chi connectivity index (χ4v) is 1.59. The molecule has 0 saturated heterocycles. The second-order valence-corrected chi connectivity index (χ2v) is 3.86. The zero-order valence-corrected chi connectivity index (χ0v) is 11.1. The maximum absolute atomic E-state index is 11.8. The molecule has 0 fully saturated rings. The number of ketones is 1. The number of methoxy groups -OCH3 is 1. The minimum Gasteiger partial charge on any atom is -0.497 e. The van der Waals surface area contributed by atoms with Crippen LogP contribution >= 0.6 is 11.6 Å². The lowest BCUT2D eigenvalue weighted by Crippen LogP contribution is -2.12. The average Bonchev–Trinajstić information content (AvgIpc) is 2.39. The summed E-state index contributed by atoms with van der Waals surface area (Å²) >= 11 is 5.46. The summed E-state index contributed by atoms with van der Waals surface area (Å²) < 4.78 is 10.00. The molecule has 1 rings (SSSR count). The van der Waals surface area contributed by atoms with Gasteiger partial charge in [-0.05, 0) is 24.6 Å². The molecular formula is C13H15ClO4. The Balaban J connectivity index is 3.07. The van der Waals surface area contributed by atoms with Crippen LogP contribution in [0.1, 0.15) is 22.8 Å². The number of carbonyl (C=O) groups is 2. The van der Waals surface area contributed by atoms with Gasteiger partial charge in [0.25, 0.3) is 0 Å². The molecule has 0 spiro atoms. The molecule has 0 atom stereocenters. The van der Waals surface area contributed by atoms with E-state index in [0.717, 1.165) is 0 Å². The third-order valence-electron chi connectivity index (χ3n) is 2.35. The van der Waals surface area contributed by atoms with Crippen molar-refractivity contribution in [2.24, 2.45) is 0 Å². The largest absolute Gasteiger partial charge is 0.497 e. The Morgan fingerprint density at radius 3 is 2.61 bits per heavy atom. The molecule has 0 aliphatic rings. The van der Waals surface area contributed by atoms with E-state index in [1.165, 1.54) is 7.11 Å². The summed E-state index contributed by atoms with van der Waals surface area (Å²) in [5.74, 6) is -0.143. The summed E-state index contributed by atoms with van der Waals surface area (Å²) in [6.45, 7) is 2.00. The molecule has 0 aliphatic heterocycles. The van der Waals surface area contributed by atoms with Gasteiger partial charge in [0.05, 0.1) is 25.2 Å². The van der Waals surface area contributed by atoms with Crippen LogP contribution in [-0.2, 0) is 16.0 Å². The molecule has 1 aromatic rings. The highest BCUT2D eigenvalue weighted by Gasteiger charge is 2.15. The van der Waals surface area contributed by atoms with Crippen molar-refractivity contribution in [1.29, 1.82) is 0 Å². The zero-order chi connectivity index (χ0) is 13.5. The van der Waals surface area contributed by atoms with Crippen molar-refractivity contribution in [3.05, 3.63) is 29.3 Å². The van der Waals surface area contributed by atoms with Gasteiger partial charge in [0.15, 0.2) is 5.78 Å². The summed E-state index contributed by atoms with van der Waals surface area (Å²) in [6, 6.07) is 4.93. The van der Waals surface area contributed by atoms with Gasteiger partial charge in [-0.1, -0.05) is 6.07 Å². The molecule has 98 valence electrons. The van der Waals surface area contributed by atoms with E-state index < -0.39 is 5.97 Å². The molecule has 0 N–H and O–H groups in total. The number of rotatable bonds is 6. The van der Waals surface area contributed by atoms with Crippen LogP contribution in [0.15, 0.2) is 18.2 Å². The lowest BCUT2D eigenvalue weighted by molar-refractivity contribution is -0.116. The third kappa shape index (κ3) is 3.74. The van der Waals surface area contributed by atoms with Gasteiger partial charge in [-0.3, -0.25) is 4.79 Å². The van der Waals surface area contributed by atoms with Crippen LogP contribution in [0.3, 0.4) is 0 Å². The van der Waals surface area contributed by atoms with Crippen molar-refractivity contribution < 1.29 is 19.1 Å². The van der Waals surface area contributed by atoms with Crippen molar-refractivity contribution in [1.82, 2.24) is 0 Å². The van der Waals surface area contributed by atoms with E-state index in [1.807, 2.05) is 0 Å². The summed E-state index contributed by atoms with van der Waals surface area (Å²) in [7, 11) is 1.51.